The minimum absolute atomic E-state index is 0.0706. The topological polar surface area (TPSA) is 84.4 Å². The van der Waals surface area contributed by atoms with Gasteiger partial charge in [-0.2, -0.15) is 13.2 Å². The highest BCUT2D eigenvalue weighted by Gasteiger charge is 2.36. The molecule has 0 bridgehead atoms. The number of aromatic hydroxyl groups is 1. The highest BCUT2D eigenvalue weighted by Crippen LogP contribution is 2.36. The van der Waals surface area contributed by atoms with Crippen molar-refractivity contribution in [2.75, 3.05) is 13.6 Å². The summed E-state index contributed by atoms with van der Waals surface area (Å²) in [6, 6.07) is 8.26. The lowest BCUT2D eigenvalue weighted by molar-refractivity contribution is -0.142. The van der Waals surface area contributed by atoms with E-state index in [9.17, 15) is 27.5 Å². The second kappa shape index (κ2) is 11.0. The van der Waals surface area contributed by atoms with Gasteiger partial charge < -0.3 is 15.7 Å². The number of phenolic OH excluding ortho intramolecular Hbond substituents is 1. The van der Waals surface area contributed by atoms with Crippen molar-refractivity contribution < 1.29 is 22.7 Å². The number of nitrogens with zero attached hydrogens (tertiary/aromatic N) is 3. The van der Waals surface area contributed by atoms with Crippen LogP contribution in [0.2, 0.25) is 5.02 Å². The highest BCUT2D eigenvalue weighted by molar-refractivity contribution is 6.31. The molecule has 11 heteroatoms. The van der Waals surface area contributed by atoms with Crippen LogP contribution in [0.3, 0.4) is 0 Å². The van der Waals surface area contributed by atoms with E-state index in [2.05, 4.69) is 4.98 Å². The Hall–Kier alpha value is -3.47. The summed E-state index contributed by atoms with van der Waals surface area (Å²) in [7, 11) is 1.79. The van der Waals surface area contributed by atoms with E-state index in [4.69, 9.17) is 17.3 Å². The Morgan fingerprint density at radius 1 is 1.15 bits per heavy atom. The number of nitrogens with two attached hydrogens (primary N) is 1. The Kier molecular flexibility index (Phi) is 8.02. The normalized spacial score (nSPS) is 12.9. The quantitative estimate of drug-likeness (QED) is 0.268. The molecule has 0 spiro atoms. The molecule has 0 aliphatic rings. The zero-order chi connectivity index (χ0) is 28.6. The lowest BCUT2D eigenvalue weighted by Crippen LogP contribution is -2.35. The Labute approximate surface area is 227 Å². The first kappa shape index (κ1) is 28.5. The van der Waals surface area contributed by atoms with Crippen molar-refractivity contribution in [2.24, 2.45) is 5.73 Å². The van der Waals surface area contributed by atoms with Crippen LogP contribution in [0.15, 0.2) is 53.5 Å². The summed E-state index contributed by atoms with van der Waals surface area (Å²) in [4.78, 5) is 20.1. The fraction of sp³-hybridized carbons (Fsp3) is 0.286. The molecule has 0 radical (unpaired) electrons. The predicted octanol–water partition coefficient (Wildman–Crippen LogP) is 6.05. The summed E-state index contributed by atoms with van der Waals surface area (Å²) < 4.78 is 57.1. The molecule has 4 aromatic rings. The fourth-order valence-electron chi connectivity index (χ4n) is 4.65. The molecule has 0 unspecified atom stereocenters. The van der Waals surface area contributed by atoms with E-state index in [0.29, 0.717) is 39.2 Å². The van der Waals surface area contributed by atoms with E-state index in [0.717, 1.165) is 29.8 Å². The van der Waals surface area contributed by atoms with Gasteiger partial charge in [0.1, 0.15) is 17.3 Å². The van der Waals surface area contributed by atoms with E-state index < -0.39 is 34.7 Å². The van der Waals surface area contributed by atoms with Crippen molar-refractivity contribution >= 4 is 22.5 Å². The monoisotopic (exact) mass is 562 g/mol. The second-order valence-electron chi connectivity index (χ2n) is 9.63. The summed E-state index contributed by atoms with van der Waals surface area (Å²) in [5, 5.41) is 10.3. The number of hydrogen-bond donors (Lipinski definition) is 2. The maximum atomic E-state index is 14.2. The first-order chi connectivity index (χ1) is 18.3. The standard InChI is InChI=1S/C28H27ClF4N4O2/c1-4-19(34)13-36(3)14-23-22(16-5-15(2)6-17(29)7-16)12-35-24-11-25(28(31,32)33)37(27(39)26(23)24)20-8-18(30)9-21(38)10-20/h5-12,19,38H,4,13-14,34H2,1-3H3/t19-/m0/s1. The number of pyridine rings is 2. The average Bonchev–Trinajstić information content (AvgIpc) is 2.81. The van der Waals surface area contributed by atoms with Crippen LogP contribution < -0.4 is 11.3 Å². The van der Waals surface area contributed by atoms with Gasteiger partial charge >= 0.3 is 6.18 Å². The maximum Gasteiger partial charge on any atom is 0.431 e. The summed E-state index contributed by atoms with van der Waals surface area (Å²) in [5.41, 5.74) is 5.48. The van der Waals surface area contributed by atoms with Crippen LogP contribution in [-0.4, -0.2) is 39.2 Å². The number of halogens is 5. The minimum atomic E-state index is -4.98. The first-order valence-electron chi connectivity index (χ1n) is 12.1. The number of aryl methyl sites for hydroxylation is 1. The lowest BCUT2D eigenvalue weighted by atomic mass is 9.96. The van der Waals surface area contributed by atoms with Crippen molar-refractivity contribution in [3.05, 3.63) is 86.7 Å². The molecule has 0 saturated carbocycles. The zero-order valence-corrected chi connectivity index (χ0v) is 22.2. The molecule has 206 valence electrons. The van der Waals surface area contributed by atoms with Crippen LogP contribution in [0.5, 0.6) is 5.75 Å². The summed E-state index contributed by atoms with van der Waals surface area (Å²) in [5.74, 6) is -1.63. The predicted molar refractivity (Wildman–Crippen MR) is 144 cm³/mol. The van der Waals surface area contributed by atoms with Gasteiger partial charge in [0, 0.05) is 48.0 Å². The molecule has 39 heavy (non-hydrogen) atoms. The van der Waals surface area contributed by atoms with Crippen LogP contribution >= 0.6 is 11.6 Å². The highest BCUT2D eigenvalue weighted by atomic mass is 35.5. The van der Waals surface area contributed by atoms with E-state index in [1.807, 2.05) is 24.8 Å². The van der Waals surface area contributed by atoms with Gasteiger partial charge in [0.15, 0.2) is 0 Å². The third-order valence-corrected chi connectivity index (χ3v) is 6.63. The first-order valence-corrected chi connectivity index (χ1v) is 12.5. The van der Waals surface area contributed by atoms with E-state index >= 15 is 0 Å². The molecule has 1 atom stereocenters. The number of rotatable bonds is 7. The number of benzene rings is 2. The average molecular weight is 563 g/mol. The molecular formula is C28H27ClF4N4O2. The molecule has 4 rings (SSSR count). The molecule has 0 saturated heterocycles. The molecule has 0 aliphatic heterocycles. The molecule has 0 aliphatic carbocycles. The van der Waals surface area contributed by atoms with Crippen LogP contribution in [0.25, 0.3) is 27.7 Å². The molecule has 0 amide bonds. The number of aromatic nitrogens is 2. The zero-order valence-electron chi connectivity index (χ0n) is 21.5. The van der Waals surface area contributed by atoms with Crippen molar-refractivity contribution in [1.29, 1.82) is 0 Å². The van der Waals surface area contributed by atoms with Crippen molar-refractivity contribution in [3.63, 3.8) is 0 Å². The van der Waals surface area contributed by atoms with Crippen LogP contribution in [0, 0.1) is 12.7 Å². The smallest absolute Gasteiger partial charge is 0.431 e. The van der Waals surface area contributed by atoms with Crippen molar-refractivity contribution in [2.45, 2.75) is 39.0 Å². The summed E-state index contributed by atoms with van der Waals surface area (Å²) in [6.45, 7) is 4.39. The number of hydrogen-bond acceptors (Lipinski definition) is 5. The van der Waals surface area contributed by atoms with Gasteiger partial charge in [-0.3, -0.25) is 14.3 Å². The van der Waals surface area contributed by atoms with Crippen molar-refractivity contribution in [3.8, 4) is 22.6 Å². The number of fused-ring (bicyclic) bond motifs is 1. The van der Waals surface area contributed by atoms with Crippen LogP contribution in [-0.2, 0) is 12.7 Å². The molecule has 2 heterocycles. The van der Waals surface area contributed by atoms with Crippen molar-refractivity contribution in [1.82, 2.24) is 14.5 Å². The van der Waals surface area contributed by atoms with Gasteiger partial charge in [0.2, 0.25) is 0 Å². The Morgan fingerprint density at radius 3 is 2.49 bits per heavy atom. The number of likely N-dealkylation sites (N-methyl/N-ethyl adjacent to an activating group) is 1. The second-order valence-corrected chi connectivity index (χ2v) is 10.1. The van der Waals surface area contributed by atoms with Crippen LogP contribution in [0.4, 0.5) is 17.6 Å². The molecule has 6 nitrogen and oxygen atoms in total. The largest absolute Gasteiger partial charge is 0.508 e. The minimum Gasteiger partial charge on any atom is -0.508 e. The molecular weight excluding hydrogens is 536 g/mol. The SMILES string of the molecule is CC[C@H](N)CN(C)Cc1c(-c2cc(C)cc(Cl)c2)cnc2cc(C(F)(F)F)n(-c3cc(O)cc(F)c3)c(=O)c12. The van der Waals surface area contributed by atoms with E-state index in [1.54, 1.807) is 19.2 Å². The number of phenols is 1. The Balaban J connectivity index is 2.11. The molecule has 3 N–H and O–H groups in total. The molecule has 0 fully saturated rings. The van der Waals surface area contributed by atoms with E-state index in [-0.39, 0.29) is 23.5 Å². The Morgan fingerprint density at radius 2 is 1.87 bits per heavy atom. The molecule has 2 aromatic carbocycles. The number of alkyl halides is 3. The van der Waals surface area contributed by atoms with E-state index in [1.165, 1.54) is 6.20 Å². The van der Waals surface area contributed by atoms with Gasteiger partial charge in [-0.05, 0) is 61.3 Å². The van der Waals surface area contributed by atoms with Crippen LogP contribution in [0.1, 0.15) is 30.2 Å². The summed E-state index contributed by atoms with van der Waals surface area (Å²) in [6.07, 6.45) is -2.86. The van der Waals surface area contributed by atoms with Gasteiger partial charge in [-0.25, -0.2) is 4.39 Å². The maximum absolute atomic E-state index is 14.2. The van der Waals surface area contributed by atoms with Gasteiger partial charge in [0.05, 0.1) is 16.6 Å². The fourth-order valence-corrected chi connectivity index (χ4v) is 4.94. The third-order valence-electron chi connectivity index (χ3n) is 6.41. The van der Waals surface area contributed by atoms with Gasteiger partial charge in [-0.15, -0.1) is 0 Å². The lowest BCUT2D eigenvalue weighted by Gasteiger charge is -2.24. The molecule has 2 aromatic heterocycles. The Bertz CT molecular complexity index is 1560. The van der Waals surface area contributed by atoms with Gasteiger partial charge in [0.25, 0.3) is 5.56 Å². The van der Waals surface area contributed by atoms with Gasteiger partial charge in [-0.1, -0.05) is 24.6 Å². The third kappa shape index (κ3) is 6.08. The summed E-state index contributed by atoms with van der Waals surface area (Å²) >= 11 is 6.30.